The summed E-state index contributed by atoms with van der Waals surface area (Å²) in [4.78, 5) is 13.3. The molecular weight excluding hydrogens is 364 g/mol. The quantitative estimate of drug-likeness (QED) is 0.781. The number of piperidine rings is 1. The van der Waals surface area contributed by atoms with E-state index in [0.717, 1.165) is 55.9 Å². The van der Waals surface area contributed by atoms with Crippen LogP contribution < -0.4 is 10.6 Å². The van der Waals surface area contributed by atoms with Crippen LogP contribution in [0.1, 0.15) is 51.0 Å². The molecule has 0 bridgehead atoms. The number of nitrogens with zero attached hydrogens (tertiary/aromatic N) is 2. The summed E-state index contributed by atoms with van der Waals surface area (Å²) < 4.78 is 7.98. The summed E-state index contributed by atoms with van der Waals surface area (Å²) in [5.41, 5.74) is 1.28. The van der Waals surface area contributed by atoms with E-state index in [1.54, 1.807) is 6.20 Å². The van der Waals surface area contributed by atoms with Gasteiger partial charge in [0.15, 0.2) is 0 Å². The predicted molar refractivity (Wildman–Crippen MR) is 114 cm³/mol. The molecule has 2 atom stereocenters. The third-order valence-corrected chi connectivity index (χ3v) is 6.36. The van der Waals surface area contributed by atoms with E-state index in [1.807, 2.05) is 35.1 Å². The Morgan fingerprint density at radius 2 is 2.17 bits per heavy atom. The summed E-state index contributed by atoms with van der Waals surface area (Å²) in [6.45, 7) is 4.51. The zero-order chi connectivity index (χ0) is 20.1. The molecule has 29 heavy (non-hydrogen) atoms. The molecule has 2 aliphatic rings. The first-order chi connectivity index (χ1) is 14.2. The second-order valence-electron chi connectivity index (χ2n) is 8.59. The minimum absolute atomic E-state index is 0.00173. The lowest BCUT2D eigenvalue weighted by molar-refractivity contribution is -0.126. The molecule has 2 aromatic rings. The highest BCUT2D eigenvalue weighted by Crippen LogP contribution is 2.29. The number of aromatic nitrogens is 2. The summed E-state index contributed by atoms with van der Waals surface area (Å²) >= 11 is 0. The van der Waals surface area contributed by atoms with E-state index >= 15 is 0 Å². The predicted octanol–water partition coefficient (Wildman–Crippen LogP) is 3.70. The molecule has 1 saturated carbocycles. The number of hydrogen-bond acceptors (Lipinski definition) is 4. The van der Waals surface area contributed by atoms with E-state index in [4.69, 9.17) is 4.74 Å². The van der Waals surface area contributed by atoms with Crippen molar-refractivity contribution in [2.24, 2.45) is 5.92 Å². The van der Waals surface area contributed by atoms with Gasteiger partial charge >= 0.3 is 0 Å². The van der Waals surface area contributed by atoms with Gasteiger partial charge in [0.25, 0.3) is 5.91 Å². The average molecular weight is 397 g/mol. The standard InChI is InChI=1S/C23H32N4O2/c1-18-5-2-8-21(15-18)29-17-19-6-3-7-20(16-19)26-22(28)23(9-12-24-13-10-23)27-14-4-11-25-27/h3-4,6-7,11,14,16,18,21,24H,2,5,8-10,12-13,15,17H2,1H3,(H,26,28). The van der Waals surface area contributed by atoms with Crippen molar-refractivity contribution in [2.75, 3.05) is 18.4 Å². The van der Waals surface area contributed by atoms with Crippen LogP contribution in [-0.4, -0.2) is 34.9 Å². The summed E-state index contributed by atoms with van der Waals surface area (Å²) in [7, 11) is 0. The van der Waals surface area contributed by atoms with Gasteiger partial charge in [-0.25, -0.2) is 0 Å². The first-order valence-electron chi connectivity index (χ1n) is 10.9. The third kappa shape index (κ3) is 4.70. The zero-order valence-electron chi connectivity index (χ0n) is 17.3. The number of carbonyl (C=O) groups is 1. The molecule has 1 aliphatic carbocycles. The van der Waals surface area contributed by atoms with Gasteiger partial charge in [0.1, 0.15) is 5.54 Å². The fourth-order valence-electron chi connectivity index (χ4n) is 4.65. The van der Waals surface area contributed by atoms with E-state index in [0.29, 0.717) is 12.7 Å². The minimum atomic E-state index is -0.639. The number of benzene rings is 1. The topological polar surface area (TPSA) is 68.2 Å². The van der Waals surface area contributed by atoms with Gasteiger partial charge in [0.2, 0.25) is 0 Å². The van der Waals surface area contributed by atoms with E-state index in [-0.39, 0.29) is 5.91 Å². The molecule has 2 heterocycles. The summed E-state index contributed by atoms with van der Waals surface area (Å²) in [5.74, 6) is 0.754. The SMILES string of the molecule is CC1CCCC(OCc2cccc(NC(=O)C3(n4cccn4)CCNCC3)c2)C1. The van der Waals surface area contributed by atoms with Crippen LogP contribution in [0.5, 0.6) is 0 Å². The lowest BCUT2D eigenvalue weighted by Gasteiger charge is -2.36. The van der Waals surface area contributed by atoms with Gasteiger partial charge in [0.05, 0.1) is 12.7 Å². The maximum absolute atomic E-state index is 13.3. The van der Waals surface area contributed by atoms with Crippen molar-refractivity contribution in [3.05, 3.63) is 48.3 Å². The number of rotatable bonds is 6. The van der Waals surface area contributed by atoms with Crippen LogP contribution in [-0.2, 0) is 21.7 Å². The first-order valence-corrected chi connectivity index (χ1v) is 10.9. The van der Waals surface area contributed by atoms with Gasteiger partial charge in [-0.1, -0.05) is 31.9 Å². The molecule has 6 nitrogen and oxygen atoms in total. The maximum Gasteiger partial charge on any atom is 0.252 e. The van der Waals surface area contributed by atoms with Crippen molar-refractivity contribution in [3.8, 4) is 0 Å². The van der Waals surface area contributed by atoms with E-state index in [2.05, 4.69) is 28.7 Å². The Balaban J connectivity index is 1.42. The van der Waals surface area contributed by atoms with Gasteiger partial charge in [-0.05, 0) is 68.5 Å². The monoisotopic (exact) mass is 396 g/mol. The van der Waals surface area contributed by atoms with Gasteiger partial charge < -0.3 is 15.4 Å². The van der Waals surface area contributed by atoms with Gasteiger partial charge in [-0.2, -0.15) is 5.10 Å². The molecule has 1 aromatic heterocycles. The Labute approximate surface area is 173 Å². The van der Waals surface area contributed by atoms with Crippen molar-refractivity contribution in [1.29, 1.82) is 0 Å². The van der Waals surface area contributed by atoms with Gasteiger partial charge in [-0.15, -0.1) is 0 Å². The normalized spacial score (nSPS) is 24.2. The number of ether oxygens (including phenoxy) is 1. The van der Waals surface area contributed by atoms with Crippen molar-refractivity contribution < 1.29 is 9.53 Å². The molecule has 0 radical (unpaired) electrons. The maximum atomic E-state index is 13.3. The highest BCUT2D eigenvalue weighted by atomic mass is 16.5. The molecule has 0 spiro atoms. The van der Waals surface area contributed by atoms with Crippen LogP contribution in [0.4, 0.5) is 5.69 Å². The number of amides is 1. The van der Waals surface area contributed by atoms with Crippen molar-refractivity contribution >= 4 is 11.6 Å². The van der Waals surface area contributed by atoms with Gasteiger partial charge in [0, 0.05) is 18.1 Å². The van der Waals surface area contributed by atoms with Crippen LogP contribution >= 0.6 is 0 Å². The Bertz CT molecular complexity index is 799. The third-order valence-electron chi connectivity index (χ3n) is 6.36. The van der Waals surface area contributed by atoms with Crippen molar-refractivity contribution in [2.45, 2.75) is 63.7 Å². The molecule has 2 fully saturated rings. The molecule has 1 aliphatic heterocycles. The molecule has 1 saturated heterocycles. The van der Waals surface area contributed by atoms with Crippen LogP contribution in [0, 0.1) is 5.92 Å². The lowest BCUT2D eigenvalue weighted by atomic mass is 9.87. The number of nitrogens with one attached hydrogen (secondary N) is 2. The minimum Gasteiger partial charge on any atom is -0.374 e. The van der Waals surface area contributed by atoms with E-state index < -0.39 is 5.54 Å². The second-order valence-corrected chi connectivity index (χ2v) is 8.59. The Kier molecular flexibility index (Phi) is 6.31. The molecule has 2 N–H and O–H groups in total. The molecule has 1 amide bonds. The molecular formula is C23H32N4O2. The number of anilines is 1. The Morgan fingerprint density at radius 1 is 1.31 bits per heavy atom. The summed E-state index contributed by atoms with van der Waals surface area (Å²) in [6, 6.07) is 9.90. The van der Waals surface area contributed by atoms with Crippen LogP contribution in [0.15, 0.2) is 42.7 Å². The molecule has 1 aromatic carbocycles. The van der Waals surface area contributed by atoms with E-state index in [1.165, 1.54) is 12.8 Å². The second kappa shape index (κ2) is 9.09. The molecule has 6 heteroatoms. The first kappa shape index (κ1) is 20.1. The fourth-order valence-corrected chi connectivity index (χ4v) is 4.65. The summed E-state index contributed by atoms with van der Waals surface area (Å²) in [6.07, 6.45) is 10.3. The van der Waals surface area contributed by atoms with Crippen LogP contribution in [0.2, 0.25) is 0 Å². The number of carbonyl (C=O) groups excluding carboxylic acids is 1. The van der Waals surface area contributed by atoms with Crippen LogP contribution in [0.25, 0.3) is 0 Å². The molecule has 2 unspecified atom stereocenters. The average Bonchev–Trinajstić information content (AvgIpc) is 3.29. The Morgan fingerprint density at radius 3 is 2.93 bits per heavy atom. The number of hydrogen-bond donors (Lipinski definition) is 2. The van der Waals surface area contributed by atoms with Crippen LogP contribution in [0.3, 0.4) is 0 Å². The Hall–Kier alpha value is -2.18. The zero-order valence-corrected chi connectivity index (χ0v) is 17.3. The molecule has 4 rings (SSSR count). The van der Waals surface area contributed by atoms with Crippen molar-refractivity contribution in [1.82, 2.24) is 15.1 Å². The largest absolute Gasteiger partial charge is 0.374 e. The summed E-state index contributed by atoms with van der Waals surface area (Å²) in [5, 5.41) is 10.9. The molecule has 156 valence electrons. The van der Waals surface area contributed by atoms with Gasteiger partial charge in [-0.3, -0.25) is 9.48 Å². The van der Waals surface area contributed by atoms with Crippen molar-refractivity contribution in [3.63, 3.8) is 0 Å². The highest BCUT2D eigenvalue weighted by Gasteiger charge is 2.42. The highest BCUT2D eigenvalue weighted by molar-refractivity contribution is 5.96. The van der Waals surface area contributed by atoms with E-state index in [9.17, 15) is 4.79 Å². The lowest BCUT2D eigenvalue weighted by Crippen LogP contribution is -2.52. The fraction of sp³-hybridized carbons (Fsp3) is 0.565. The smallest absolute Gasteiger partial charge is 0.252 e.